The van der Waals surface area contributed by atoms with E-state index in [9.17, 15) is 4.79 Å². The monoisotopic (exact) mass is 352 g/mol. The van der Waals surface area contributed by atoms with Gasteiger partial charge in [0.25, 0.3) is 5.91 Å². The lowest BCUT2D eigenvalue weighted by Gasteiger charge is -2.12. The summed E-state index contributed by atoms with van der Waals surface area (Å²) in [7, 11) is 3.04. The lowest BCUT2D eigenvalue weighted by Crippen LogP contribution is -2.26. The van der Waals surface area contributed by atoms with Gasteiger partial charge in [0.2, 0.25) is 0 Å². The van der Waals surface area contributed by atoms with Crippen molar-refractivity contribution in [3.63, 3.8) is 0 Å². The maximum Gasteiger partial charge on any atom is 0.258 e. The number of nitrogens with one attached hydrogen (secondary N) is 1. The number of carbonyl (C=O) groups is 1. The Morgan fingerprint density at radius 3 is 2.38 bits per heavy atom. The van der Waals surface area contributed by atoms with Crippen LogP contribution < -0.4 is 14.8 Å². The topological polar surface area (TPSA) is 73.6 Å². The molecule has 134 valence electrons. The van der Waals surface area contributed by atoms with Gasteiger partial charge < -0.3 is 19.3 Å². The third-order valence-corrected chi connectivity index (χ3v) is 3.94. The predicted octanol–water partition coefficient (Wildman–Crippen LogP) is 3.33. The highest BCUT2D eigenvalue weighted by molar-refractivity contribution is 5.99. The zero-order chi connectivity index (χ0) is 18.4. The molecule has 0 aliphatic rings. The summed E-state index contributed by atoms with van der Waals surface area (Å²) < 4.78 is 15.9. The molecule has 1 heterocycles. The average Bonchev–Trinajstić information content (AvgIpc) is 3.16. The molecular formula is C20H20N2O4. The van der Waals surface area contributed by atoms with E-state index in [0.29, 0.717) is 35.8 Å². The quantitative estimate of drug-likeness (QED) is 0.706. The molecule has 0 aliphatic heterocycles. The molecule has 2 aromatic carbocycles. The second kappa shape index (κ2) is 8.20. The number of hydrogen-bond donors (Lipinski definition) is 1. The van der Waals surface area contributed by atoms with Crippen molar-refractivity contribution in [3.05, 3.63) is 65.9 Å². The molecule has 0 saturated carbocycles. The molecule has 26 heavy (non-hydrogen) atoms. The van der Waals surface area contributed by atoms with Crippen molar-refractivity contribution in [1.29, 1.82) is 0 Å². The SMILES string of the molecule is COc1cccc(OC)c1C(=O)NCCc1cc(-c2ccccc2)on1. The molecule has 0 aliphatic carbocycles. The van der Waals surface area contributed by atoms with Crippen LogP contribution in [-0.4, -0.2) is 31.8 Å². The van der Waals surface area contributed by atoms with E-state index in [4.69, 9.17) is 14.0 Å². The van der Waals surface area contributed by atoms with Gasteiger partial charge in [0.15, 0.2) is 5.76 Å². The second-order valence-electron chi connectivity index (χ2n) is 5.59. The Hall–Kier alpha value is -3.28. The van der Waals surface area contributed by atoms with Gasteiger partial charge in [0, 0.05) is 24.6 Å². The smallest absolute Gasteiger partial charge is 0.258 e. The van der Waals surface area contributed by atoms with Gasteiger partial charge in [0.1, 0.15) is 17.1 Å². The number of ether oxygens (including phenoxy) is 2. The van der Waals surface area contributed by atoms with Crippen LogP contribution in [0.2, 0.25) is 0 Å². The average molecular weight is 352 g/mol. The van der Waals surface area contributed by atoms with Gasteiger partial charge in [-0.3, -0.25) is 4.79 Å². The number of rotatable bonds is 7. The molecule has 0 bridgehead atoms. The van der Waals surface area contributed by atoms with Gasteiger partial charge in [-0.05, 0) is 12.1 Å². The molecule has 0 atom stereocenters. The Labute approximate surface area is 151 Å². The molecule has 0 fully saturated rings. The van der Waals surface area contributed by atoms with Gasteiger partial charge in [-0.15, -0.1) is 0 Å². The molecule has 0 spiro atoms. The fourth-order valence-corrected chi connectivity index (χ4v) is 2.64. The molecule has 3 aromatic rings. The summed E-state index contributed by atoms with van der Waals surface area (Å²) in [6.07, 6.45) is 0.555. The molecule has 0 unspecified atom stereocenters. The first-order chi connectivity index (χ1) is 12.7. The molecular weight excluding hydrogens is 332 g/mol. The first kappa shape index (κ1) is 17.5. The Balaban J connectivity index is 1.62. The molecule has 6 nitrogen and oxygen atoms in total. The molecule has 1 N–H and O–H groups in total. The van der Waals surface area contributed by atoms with E-state index < -0.39 is 0 Å². The van der Waals surface area contributed by atoms with Crippen LogP contribution in [0.4, 0.5) is 0 Å². The largest absolute Gasteiger partial charge is 0.496 e. The van der Waals surface area contributed by atoms with Crippen LogP contribution in [0, 0.1) is 0 Å². The summed E-state index contributed by atoms with van der Waals surface area (Å²) in [6.45, 7) is 0.417. The minimum atomic E-state index is -0.258. The van der Waals surface area contributed by atoms with Crippen LogP contribution in [0.3, 0.4) is 0 Å². The third kappa shape index (κ3) is 3.85. The van der Waals surface area contributed by atoms with Gasteiger partial charge in [-0.25, -0.2) is 0 Å². The zero-order valence-electron chi connectivity index (χ0n) is 14.7. The molecule has 6 heteroatoms. The van der Waals surface area contributed by atoms with Gasteiger partial charge in [0.05, 0.1) is 19.9 Å². The van der Waals surface area contributed by atoms with E-state index in [0.717, 1.165) is 11.3 Å². The third-order valence-electron chi connectivity index (χ3n) is 3.94. The van der Waals surface area contributed by atoms with Crippen molar-refractivity contribution < 1.29 is 18.8 Å². The molecule has 0 saturated heterocycles. The highest BCUT2D eigenvalue weighted by Crippen LogP contribution is 2.28. The van der Waals surface area contributed by atoms with Crippen LogP contribution in [0.15, 0.2) is 59.1 Å². The maximum absolute atomic E-state index is 12.5. The maximum atomic E-state index is 12.5. The van der Waals surface area contributed by atoms with E-state index in [1.54, 1.807) is 18.2 Å². The van der Waals surface area contributed by atoms with Crippen LogP contribution >= 0.6 is 0 Å². The van der Waals surface area contributed by atoms with Crippen molar-refractivity contribution in [2.75, 3.05) is 20.8 Å². The molecule has 1 amide bonds. The minimum absolute atomic E-state index is 0.258. The molecule has 1 aromatic heterocycles. The standard InChI is InChI=1S/C20H20N2O4/c1-24-16-9-6-10-17(25-2)19(16)20(23)21-12-11-15-13-18(26-22-15)14-7-4-3-5-8-14/h3-10,13H,11-12H2,1-2H3,(H,21,23). The van der Waals surface area contributed by atoms with Crippen molar-refractivity contribution in [3.8, 4) is 22.8 Å². The number of aromatic nitrogens is 1. The molecule has 3 rings (SSSR count). The number of hydrogen-bond acceptors (Lipinski definition) is 5. The van der Waals surface area contributed by atoms with E-state index in [-0.39, 0.29) is 5.91 Å². The van der Waals surface area contributed by atoms with Crippen LogP contribution in [0.25, 0.3) is 11.3 Å². The van der Waals surface area contributed by atoms with Gasteiger partial charge in [-0.2, -0.15) is 0 Å². The summed E-state index contributed by atoms with van der Waals surface area (Å²) >= 11 is 0. The van der Waals surface area contributed by atoms with Crippen molar-refractivity contribution in [2.45, 2.75) is 6.42 Å². The van der Waals surface area contributed by atoms with Crippen molar-refractivity contribution in [2.24, 2.45) is 0 Å². The van der Waals surface area contributed by atoms with Gasteiger partial charge >= 0.3 is 0 Å². The first-order valence-electron chi connectivity index (χ1n) is 8.23. The van der Waals surface area contributed by atoms with Crippen molar-refractivity contribution in [1.82, 2.24) is 10.5 Å². The lowest BCUT2D eigenvalue weighted by atomic mass is 10.1. The van der Waals surface area contributed by atoms with Crippen molar-refractivity contribution >= 4 is 5.91 Å². The van der Waals surface area contributed by atoms with Crippen LogP contribution in [-0.2, 0) is 6.42 Å². The van der Waals surface area contributed by atoms with Crippen LogP contribution in [0.1, 0.15) is 16.1 Å². The Morgan fingerprint density at radius 1 is 1.04 bits per heavy atom. The van der Waals surface area contributed by atoms with Crippen LogP contribution in [0.5, 0.6) is 11.5 Å². The number of methoxy groups -OCH3 is 2. The minimum Gasteiger partial charge on any atom is -0.496 e. The summed E-state index contributed by atoms with van der Waals surface area (Å²) in [5, 5.41) is 6.92. The number of carbonyl (C=O) groups excluding carboxylic acids is 1. The number of amides is 1. The normalized spacial score (nSPS) is 10.4. The summed E-state index contributed by atoms with van der Waals surface area (Å²) in [5.41, 5.74) is 2.12. The highest BCUT2D eigenvalue weighted by atomic mass is 16.5. The van der Waals surface area contributed by atoms with E-state index in [2.05, 4.69) is 10.5 Å². The predicted molar refractivity (Wildman–Crippen MR) is 97.5 cm³/mol. The van der Waals surface area contributed by atoms with Gasteiger partial charge in [-0.1, -0.05) is 41.6 Å². The highest BCUT2D eigenvalue weighted by Gasteiger charge is 2.17. The van der Waals surface area contributed by atoms with E-state index in [1.807, 2.05) is 36.4 Å². The summed E-state index contributed by atoms with van der Waals surface area (Å²) in [4.78, 5) is 12.5. The zero-order valence-corrected chi connectivity index (χ0v) is 14.7. The second-order valence-corrected chi connectivity index (χ2v) is 5.59. The Morgan fingerprint density at radius 2 is 1.73 bits per heavy atom. The summed E-state index contributed by atoms with van der Waals surface area (Å²) in [6, 6.07) is 16.8. The number of benzene rings is 2. The fraction of sp³-hybridized carbons (Fsp3) is 0.200. The lowest BCUT2D eigenvalue weighted by molar-refractivity contribution is 0.0947. The Kier molecular flexibility index (Phi) is 5.53. The van der Waals surface area contributed by atoms with E-state index in [1.165, 1.54) is 14.2 Å². The van der Waals surface area contributed by atoms with E-state index >= 15 is 0 Å². The first-order valence-corrected chi connectivity index (χ1v) is 8.23. The fourth-order valence-electron chi connectivity index (χ4n) is 2.64. The summed E-state index contributed by atoms with van der Waals surface area (Å²) in [5.74, 6) is 1.38. The Bertz CT molecular complexity index is 852. The molecule has 0 radical (unpaired) electrons. The number of nitrogens with zero attached hydrogens (tertiary/aromatic N) is 1.